The Morgan fingerprint density at radius 2 is 2.10 bits per heavy atom. The van der Waals surface area contributed by atoms with Crippen LogP contribution in [0.5, 0.6) is 0 Å². The summed E-state index contributed by atoms with van der Waals surface area (Å²) in [5.74, 6) is 1.31. The zero-order chi connectivity index (χ0) is 21.6. The van der Waals surface area contributed by atoms with Crippen molar-refractivity contribution in [3.63, 3.8) is 0 Å². The van der Waals surface area contributed by atoms with E-state index >= 15 is 0 Å². The molecule has 1 aliphatic rings. The summed E-state index contributed by atoms with van der Waals surface area (Å²) in [5.41, 5.74) is 8.84. The molecule has 1 unspecified atom stereocenters. The molecule has 1 fully saturated rings. The minimum absolute atomic E-state index is 0.00816. The van der Waals surface area contributed by atoms with E-state index in [4.69, 9.17) is 10.2 Å². The first-order valence-corrected chi connectivity index (χ1v) is 10.1. The number of amides is 1. The highest BCUT2D eigenvalue weighted by Crippen LogP contribution is 2.26. The molecule has 4 heterocycles. The van der Waals surface area contributed by atoms with Gasteiger partial charge in [-0.2, -0.15) is 0 Å². The van der Waals surface area contributed by atoms with E-state index in [1.54, 1.807) is 20.1 Å². The molecule has 158 valence electrons. The number of imidazole rings is 1. The highest BCUT2D eigenvalue weighted by molar-refractivity contribution is 5.93. The molecule has 30 heavy (non-hydrogen) atoms. The predicted octanol–water partition coefficient (Wildman–Crippen LogP) is 2.51. The quantitative estimate of drug-likeness (QED) is 0.668. The Morgan fingerprint density at radius 3 is 2.70 bits per heavy atom. The monoisotopic (exact) mass is 409 g/mol. The maximum atomic E-state index is 13.3. The Kier molecular flexibility index (Phi) is 5.11. The number of nitrogens with two attached hydrogens (primary N) is 1. The van der Waals surface area contributed by atoms with Crippen molar-refractivity contribution < 1.29 is 9.21 Å². The van der Waals surface area contributed by atoms with Crippen LogP contribution in [-0.4, -0.2) is 43.9 Å². The lowest BCUT2D eigenvalue weighted by atomic mass is 10.1. The van der Waals surface area contributed by atoms with Crippen molar-refractivity contribution >= 4 is 11.6 Å². The van der Waals surface area contributed by atoms with Gasteiger partial charge in [0.15, 0.2) is 0 Å². The number of likely N-dealkylation sites (tertiary alicyclic amines) is 1. The number of aromatic nitrogens is 3. The van der Waals surface area contributed by atoms with Gasteiger partial charge in [-0.05, 0) is 40.2 Å². The molecule has 1 atom stereocenters. The molecule has 0 saturated carbocycles. The minimum Gasteiger partial charge on any atom is -0.466 e. The largest absolute Gasteiger partial charge is 0.466 e. The van der Waals surface area contributed by atoms with Gasteiger partial charge in [-0.25, -0.2) is 4.98 Å². The zero-order valence-corrected chi connectivity index (χ0v) is 17.8. The molecule has 3 aromatic rings. The fraction of sp³-hybridized carbons (Fsp3) is 0.409. The number of rotatable bonds is 4. The summed E-state index contributed by atoms with van der Waals surface area (Å²) in [6, 6.07) is 1.91. The number of carbonyl (C=O) groups excluding carboxylic acids is 1. The number of carbonyl (C=O) groups is 1. The molecule has 1 amide bonds. The van der Waals surface area contributed by atoms with Crippen LogP contribution < -0.4 is 11.3 Å². The fourth-order valence-electron chi connectivity index (χ4n) is 3.87. The standard InChI is InChI=1S/C22H27N5O3/c1-13(2)5-8-27-19(17-9-14(3)30-15(17)4)12-26-11-18(24-20(26)22(27)29)21(28)25-7-6-16(23)10-25/h5,9,11-12,16H,6-8,10,23H2,1-4H3. The van der Waals surface area contributed by atoms with E-state index in [9.17, 15) is 9.59 Å². The molecule has 0 aliphatic carbocycles. The maximum Gasteiger partial charge on any atom is 0.295 e. The van der Waals surface area contributed by atoms with Gasteiger partial charge in [0.25, 0.3) is 11.5 Å². The summed E-state index contributed by atoms with van der Waals surface area (Å²) < 4.78 is 9.01. The lowest BCUT2D eigenvalue weighted by molar-refractivity contribution is 0.0786. The number of hydrogen-bond acceptors (Lipinski definition) is 5. The van der Waals surface area contributed by atoms with E-state index in [2.05, 4.69) is 4.98 Å². The van der Waals surface area contributed by atoms with Gasteiger partial charge < -0.3 is 15.1 Å². The van der Waals surface area contributed by atoms with Crippen LogP contribution in [0.25, 0.3) is 16.9 Å². The van der Waals surface area contributed by atoms with Gasteiger partial charge in [0, 0.05) is 43.6 Å². The van der Waals surface area contributed by atoms with Gasteiger partial charge in [-0.15, -0.1) is 0 Å². The van der Waals surface area contributed by atoms with Crippen molar-refractivity contribution in [1.82, 2.24) is 18.9 Å². The summed E-state index contributed by atoms with van der Waals surface area (Å²) in [6.45, 7) is 9.26. The van der Waals surface area contributed by atoms with Crippen LogP contribution >= 0.6 is 0 Å². The highest BCUT2D eigenvalue weighted by Gasteiger charge is 2.27. The van der Waals surface area contributed by atoms with Crippen LogP contribution in [0.4, 0.5) is 0 Å². The number of hydrogen-bond donors (Lipinski definition) is 1. The smallest absolute Gasteiger partial charge is 0.295 e. The molecule has 8 heteroatoms. The van der Waals surface area contributed by atoms with Crippen molar-refractivity contribution in [3.8, 4) is 11.3 Å². The third kappa shape index (κ3) is 3.59. The van der Waals surface area contributed by atoms with E-state index in [1.165, 1.54) is 0 Å². The van der Waals surface area contributed by atoms with Crippen molar-refractivity contribution in [2.45, 2.75) is 46.7 Å². The van der Waals surface area contributed by atoms with Crippen LogP contribution in [0, 0.1) is 13.8 Å². The normalized spacial score (nSPS) is 16.4. The molecule has 0 radical (unpaired) electrons. The average Bonchev–Trinajstić information content (AvgIpc) is 3.38. The van der Waals surface area contributed by atoms with Crippen LogP contribution in [0.1, 0.15) is 42.3 Å². The van der Waals surface area contributed by atoms with Crippen molar-refractivity contribution in [2.75, 3.05) is 13.1 Å². The number of furan rings is 1. The summed E-state index contributed by atoms with van der Waals surface area (Å²) in [5, 5.41) is 0. The van der Waals surface area contributed by atoms with Gasteiger partial charge in [-0.1, -0.05) is 11.6 Å². The molecule has 0 aromatic carbocycles. The van der Waals surface area contributed by atoms with Crippen LogP contribution in [0.15, 0.2) is 39.3 Å². The number of fused-ring (bicyclic) bond motifs is 1. The van der Waals surface area contributed by atoms with Crippen LogP contribution in [-0.2, 0) is 6.54 Å². The Labute approximate surface area is 174 Å². The van der Waals surface area contributed by atoms with E-state index < -0.39 is 0 Å². The zero-order valence-electron chi connectivity index (χ0n) is 17.8. The third-order valence-electron chi connectivity index (χ3n) is 5.45. The Bertz CT molecular complexity index is 1210. The fourth-order valence-corrected chi connectivity index (χ4v) is 3.87. The van der Waals surface area contributed by atoms with Gasteiger partial charge in [0.1, 0.15) is 17.2 Å². The number of aryl methyl sites for hydroxylation is 2. The molecule has 3 aromatic heterocycles. The molecule has 1 saturated heterocycles. The predicted molar refractivity (Wildman–Crippen MR) is 115 cm³/mol. The van der Waals surface area contributed by atoms with Crippen LogP contribution in [0.2, 0.25) is 0 Å². The van der Waals surface area contributed by atoms with E-state index in [0.717, 1.165) is 34.8 Å². The third-order valence-corrected chi connectivity index (χ3v) is 5.45. The molecule has 0 spiro atoms. The van der Waals surface area contributed by atoms with Gasteiger partial charge in [-0.3, -0.25) is 18.6 Å². The molecular weight excluding hydrogens is 382 g/mol. The van der Waals surface area contributed by atoms with E-state index in [-0.39, 0.29) is 28.8 Å². The van der Waals surface area contributed by atoms with Gasteiger partial charge in [0.2, 0.25) is 5.65 Å². The first-order valence-electron chi connectivity index (χ1n) is 10.1. The second-order valence-corrected chi connectivity index (χ2v) is 8.20. The highest BCUT2D eigenvalue weighted by atomic mass is 16.3. The summed E-state index contributed by atoms with van der Waals surface area (Å²) in [7, 11) is 0. The Balaban J connectivity index is 1.86. The maximum absolute atomic E-state index is 13.3. The van der Waals surface area contributed by atoms with Crippen molar-refractivity contribution in [3.05, 3.63) is 57.7 Å². The second kappa shape index (κ2) is 7.60. The first-order chi connectivity index (χ1) is 14.2. The lowest BCUT2D eigenvalue weighted by Crippen LogP contribution is -2.32. The average molecular weight is 409 g/mol. The van der Waals surface area contributed by atoms with Crippen LogP contribution in [0.3, 0.4) is 0 Å². The van der Waals surface area contributed by atoms with E-state index in [1.807, 2.05) is 46.0 Å². The van der Waals surface area contributed by atoms with Gasteiger partial charge in [0.05, 0.1) is 5.69 Å². The molecular formula is C22H27N5O3. The Hall–Kier alpha value is -3.13. The van der Waals surface area contributed by atoms with E-state index in [0.29, 0.717) is 19.6 Å². The second-order valence-electron chi connectivity index (χ2n) is 8.20. The molecule has 4 rings (SSSR count). The van der Waals surface area contributed by atoms with Crippen molar-refractivity contribution in [2.24, 2.45) is 5.73 Å². The summed E-state index contributed by atoms with van der Waals surface area (Å²) in [4.78, 5) is 32.3. The molecule has 0 bridgehead atoms. The minimum atomic E-state index is -0.250. The summed E-state index contributed by atoms with van der Waals surface area (Å²) in [6.07, 6.45) is 6.23. The lowest BCUT2D eigenvalue weighted by Gasteiger charge is -2.13. The van der Waals surface area contributed by atoms with Crippen molar-refractivity contribution in [1.29, 1.82) is 0 Å². The molecule has 2 N–H and O–H groups in total. The summed E-state index contributed by atoms with van der Waals surface area (Å²) >= 11 is 0. The molecule has 8 nitrogen and oxygen atoms in total. The topological polar surface area (TPSA) is 98.8 Å². The number of allylic oxidation sites excluding steroid dienone is 2. The van der Waals surface area contributed by atoms with Gasteiger partial charge >= 0.3 is 0 Å². The Morgan fingerprint density at radius 1 is 1.33 bits per heavy atom. The first kappa shape index (κ1) is 20.2. The number of nitrogens with zero attached hydrogens (tertiary/aromatic N) is 4. The SMILES string of the molecule is CC(C)=CCn1c(-c2cc(C)oc2C)cn2cc(C(=O)N3CCC(N)C3)nc2c1=O. The molecule has 1 aliphatic heterocycles.